The highest BCUT2D eigenvalue weighted by Crippen LogP contribution is 2.26. The summed E-state index contributed by atoms with van der Waals surface area (Å²) in [6.07, 6.45) is 1.93. The summed E-state index contributed by atoms with van der Waals surface area (Å²) in [4.78, 5) is 13.0. The molecular weight excluding hydrogens is 432 g/mol. The smallest absolute Gasteiger partial charge is 0.223 e. The van der Waals surface area contributed by atoms with E-state index in [0.29, 0.717) is 42.4 Å². The van der Waals surface area contributed by atoms with Gasteiger partial charge in [0.05, 0.1) is 11.8 Å². The van der Waals surface area contributed by atoms with Gasteiger partial charge in [-0.3, -0.25) is 4.79 Å². The zero-order valence-corrected chi connectivity index (χ0v) is 19.7. The maximum absolute atomic E-state index is 13.0. The third kappa shape index (κ3) is 6.79. The van der Waals surface area contributed by atoms with Gasteiger partial charge in [-0.15, -0.1) is 0 Å². The van der Waals surface area contributed by atoms with Crippen LogP contribution < -0.4 is 5.32 Å². The van der Waals surface area contributed by atoms with E-state index in [1.54, 1.807) is 24.3 Å². The fraction of sp³-hybridized carbons (Fsp3) is 0.458. The molecule has 1 atom stereocenters. The topological polar surface area (TPSA) is 66.5 Å². The van der Waals surface area contributed by atoms with E-state index in [0.717, 1.165) is 12.0 Å². The molecule has 168 valence electrons. The molecule has 1 amide bonds. The van der Waals surface area contributed by atoms with Crippen molar-refractivity contribution >= 4 is 27.5 Å². The van der Waals surface area contributed by atoms with Crippen LogP contribution in [0.25, 0.3) is 0 Å². The van der Waals surface area contributed by atoms with E-state index >= 15 is 0 Å². The van der Waals surface area contributed by atoms with Crippen molar-refractivity contribution in [3.63, 3.8) is 0 Å². The number of carbonyl (C=O) groups is 1. The Bertz CT molecular complexity index is 971. The number of nitrogens with zero attached hydrogens (tertiary/aromatic N) is 1. The van der Waals surface area contributed by atoms with Crippen LogP contribution >= 0.6 is 11.6 Å². The highest BCUT2D eigenvalue weighted by molar-refractivity contribution is 7.88. The predicted octanol–water partition coefficient (Wildman–Crippen LogP) is 4.79. The van der Waals surface area contributed by atoms with Crippen molar-refractivity contribution in [1.29, 1.82) is 0 Å². The Morgan fingerprint density at radius 3 is 2.39 bits per heavy atom. The van der Waals surface area contributed by atoms with Crippen LogP contribution in [0.3, 0.4) is 0 Å². The Morgan fingerprint density at radius 2 is 1.77 bits per heavy atom. The number of amides is 1. The van der Waals surface area contributed by atoms with Crippen LogP contribution in [-0.2, 0) is 20.6 Å². The molecule has 2 aromatic rings. The molecule has 2 aromatic carbocycles. The van der Waals surface area contributed by atoms with E-state index in [4.69, 9.17) is 11.6 Å². The molecule has 0 spiro atoms. The molecule has 31 heavy (non-hydrogen) atoms. The van der Waals surface area contributed by atoms with Crippen LogP contribution in [0.4, 0.5) is 0 Å². The summed E-state index contributed by atoms with van der Waals surface area (Å²) in [5.41, 5.74) is 1.78. The summed E-state index contributed by atoms with van der Waals surface area (Å²) in [5, 5.41) is 3.74. The molecule has 3 rings (SSSR count). The fourth-order valence-electron chi connectivity index (χ4n) is 4.05. The third-order valence-corrected chi connectivity index (χ3v) is 7.77. The normalized spacial score (nSPS) is 16.9. The molecule has 1 aliphatic heterocycles. The monoisotopic (exact) mass is 462 g/mol. The number of halogens is 1. The lowest BCUT2D eigenvalue weighted by molar-refractivity contribution is -0.127. The summed E-state index contributed by atoms with van der Waals surface area (Å²) in [5.74, 6) is 0.218. The molecule has 0 saturated carbocycles. The van der Waals surface area contributed by atoms with Crippen molar-refractivity contribution in [3.8, 4) is 0 Å². The van der Waals surface area contributed by atoms with Gasteiger partial charge in [0.2, 0.25) is 15.9 Å². The number of carbonyl (C=O) groups excluding carboxylic acids is 1. The molecule has 1 heterocycles. The summed E-state index contributed by atoms with van der Waals surface area (Å²) in [7, 11) is -3.44. The first kappa shape index (κ1) is 23.8. The molecule has 0 aromatic heterocycles. The number of nitrogens with one attached hydrogen (secondary N) is 1. The van der Waals surface area contributed by atoms with Gasteiger partial charge in [0, 0.05) is 24.0 Å². The molecule has 7 heteroatoms. The molecule has 0 bridgehead atoms. The van der Waals surface area contributed by atoms with Crippen molar-refractivity contribution in [1.82, 2.24) is 9.62 Å². The van der Waals surface area contributed by atoms with Gasteiger partial charge < -0.3 is 5.32 Å². The van der Waals surface area contributed by atoms with Crippen molar-refractivity contribution in [2.75, 3.05) is 13.1 Å². The Labute approximate surface area is 190 Å². The number of benzene rings is 2. The summed E-state index contributed by atoms with van der Waals surface area (Å²) in [6.45, 7) is 5.01. The Balaban J connectivity index is 1.58. The number of hydrogen-bond donors (Lipinski definition) is 1. The van der Waals surface area contributed by atoms with Crippen LogP contribution in [0.1, 0.15) is 50.3 Å². The summed E-state index contributed by atoms with van der Waals surface area (Å²) < 4.78 is 27.1. The van der Waals surface area contributed by atoms with E-state index in [1.807, 2.05) is 30.3 Å². The van der Waals surface area contributed by atoms with Gasteiger partial charge in [-0.05, 0) is 48.4 Å². The second-order valence-electron chi connectivity index (χ2n) is 8.66. The van der Waals surface area contributed by atoms with Crippen molar-refractivity contribution in [2.45, 2.75) is 44.9 Å². The Morgan fingerprint density at radius 1 is 1.10 bits per heavy atom. The van der Waals surface area contributed by atoms with Gasteiger partial charge >= 0.3 is 0 Å². The predicted molar refractivity (Wildman–Crippen MR) is 125 cm³/mol. The van der Waals surface area contributed by atoms with E-state index in [1.165, 1.54) is 4.31 Å². The SMILES string of the molecule is CC(C)C[C@H](NC(=O)C1CCN(S(=O)(=O)Cc2cccc(Cl)c2)CC1)c1ccccc1. The van der Waals surface area contributed by atoms with E-state index in [-0.39, 0.29) is 23.6 Å². The van der Waals surface area contributed by atoms with Crippen molar-refractivity contribution in [2.24, 2.45) is 11.8 Å². The van der Waals surface area contributed by atoms with Gasteiger partial charge in [0.25, 0.3) is 0 Å². The van der Waals surface area contributed by atoms with Crippen LogP contribution in [-0.4, -0.2) is 31.7 Å². The summed E-state index contributed by atoms with van der Waals surface area (Å²) in [6, 6.07) is 16.9. The highest BCUT2D eigenvalue weighted by Gasteiger charge is 2.32. The molecule has 1 aliphatic rings. The molecule has 0 aliphatic carbocycles. The lowest BCUT2D eigenvalue weighted by Gasteiger charge is -2.32. The largest absolute Gasteiger partial charge is 0.349 e. The van der Waals surface area contributed by atoms with E-state index < -0.39 is 10.0 Å². The third-order valence-electron chi connectivity index (χ3n) is 5.68. The van der Waals surface area contributed by atoms with Crippen LogP contribution in [0, 0.1) is 11.8 Å². The molecule has 0 unspecified atom stereocenters. The zero-order chi connectivity index (χ0) is 22.4. The molecule has 5 nitrogen and oxygen atoms in total. The van der Waals surface area contributed by atoms with Crippen LogP contribution in [0.5, 0.6) is 0 Å². The van der Waals surface area contributed by atoms with Gasteiger partial charge in [0.15, 0.2) is 0 Å². The molecule has 1 fully saturated rings. The number of rotatable bonds is 8. The maximum Gasteiger partial charge on any atom is 0.223 e. The maximum atomic E-state index is 13.0. The first-order valence-electron chi connectivity index (χ1n) is 10.8. The average Bonchev–Trinajstić information content (AvgIpc) is 2.73. The van der Waals surface area contributed by atoms with Gasteiger partial charge in [0.1, 0.15) is 0 Å². The lowest BCUT2D eigenvalue weighted by atomic mass is 9.93. The molecule has 0 radical (unpaired) electrons. The standard InChI is InChI=1S/C24H31ClN2O3S/c1-18(2)15-23(20-8-4-3-5-9-20)26-24(28)21-11-13-27(14-12-21)31(29,30)17-19-7-6-10-22(25)16-19/h3-10,16,18,21,23H,11-15,17H2,1-2H3,(H,26,28)/t23-/m0/s1. The number of hydrogen-bond acceptors (Lipinski definition) is 3. The molecule has 1 saturated heterocycles. The quantitative estimate of drug-likeness (QED) is 0.613. The average molecular weight is 463 g/mol. The molecule has 1 N–H and O–H groups in total. The molecular formula is C24H31ClN2O3S. The van der Waals surface area contributed by atoms with Crippen molar-refractivity contribution < 1.29 is 13.2 Å². The first-order chi connectivity index (χ1) is 14.7. The summed E-state index contributed by atoms with van der Waals surface area (Å²) >= 11 is 5.98. The van der Waals surface area contributed by atoms with Crippen LogP contribution in [0.2, 0.25) is 5.02 Å². The van der Waals surface area contributed by atoms with E-state index in [9.17, 15) is 13.2 Å². The van der Waals surface area contributed by atoms with Gasteiger partial charge in [-0.2, -0.15) is 0 Å². The second-order valence-corrected chi connectivity index (χ2v) is 11.1. The Kier molecular flexibility index (Phi) is 8.14. The highest BCUT2D eigenvalue weighted by atomic mass is 35.5. The van der Waals surface area contributed by atoms with E-state index in [2.05, 4.69) is 19.2 Å². The van der Waals surface area contributed by atoms with Gasteiger partial charge in [-0.1, -0.05) is 67.9 Å². The fourth-order valence-corrected chi connectivity index (χ4v) is 5.81. The zero-order valence-electron chi connectivity index (χ0n) is 18.1. The number of piperidine rings is 1. The minimum Gasteiger partial charge on any atom is -0.349 e. The minimum absolute atomic E-state index is 0.0152. The lowest BCUT2D eigenvalue weighted by Crippen LogP contribution is -2.44. The minimum atomic E-state index is -3.44. The van der Waals surface area contributed by atoms with Crippen molar-refractivity contribution in [3.05, 3.63) is 70.7 Å². The first-order valence-corrected chi connectivity index (χ1v) is 12.8. The second kappa shape index (κ2) is 10.6. The van der Waals surface area contributed by atoms with Crippen LogP contribution in [0.15, 0.2) is 54.6 Å². The Hall–Kier alpha value is -1.89. The van der Waals surface area contributed by atoms with Gasteiger partial charge in [-0.25, -0.2) is 12.7 Å². The number of sulfonamides is 1.